The number of aromatic nitrogens is 4. The summed E-state index contributed by atoms with van der Waals surface area (Å²) in [5.74, 6) is -0.441. The average Bonchev–Trinajstić information content (AvgIpc) is 3.35. The first kappa shape index (κ1) is 20.8. The van der Waals surface area contributed by atoms with Gasteiger partial charge in [-0.1, -0.05) is 47.5 Å². The van der Waals surface area contributed by atoms with Gasteiger partial charge in [-0.3, -0.25) is 9.89 Å². The fraction of sp³-hybridized carbons (Fsp3) is 0.0909. The maximum absolute atomic E-state index is 12.5. The maximum Gasteiger partial charge on any atom is 0.289 e. The summed E-state index contributed by atoms with van der Waals surface area (Å²) in [6.45, 7) is 3.88. The Morgan fingerprint density at radius 2 is 1.81 bits per heavy atom. The van der Waals surface area contributed by atoms with Crippen LogP contribution in [0.25, 0.3) is 16.9 Å². The van der Waals surface area contributed by atoms with E-state index in [-0.39, 0.29) is 5.69 Å². The number of benzene rings is 2. The Morgan fingerprint density at radius 1 is 1.10 bits per heavy atom. The third-order valence-corrected chi connectivity index (χ3v) is 5.39. The minimum atomic E-state index is -0.441. The second-order valence-electron chi connectivity index (χ2n) is 6.79. The average molecular weight is 453 g/mol. The van der Waals surface area contributed by atoms with E-state index in [0.717, 1.165) is 22.6 Å². The van der Waals surface area contributed by atoms with Gasteiger partial charge in [-0.15, -0.1) is 0 Å². The summed E-state index contributed by atoms with van der Waals surface area (Å²) < 4.78 is 1.86. The van der Waals surface area contributed by atoms with Gasteiger partial charge in [0.2, 0.25) is 0 Å². The predicted molar refractivity (Wildman–Crippen MR) is 122 cm³/mol. The number of carbonyl (C=O) groups is 1. The van der Waals surface area contributed by atoms with Crippen molar-refractivity contribution in [3.63, 3.8) is 0 Å². The molecular weight excluding hydrogens is 435 g/mol. The Kier molecular flexibility index (Phi) is 5.88. The molecular formula is C22H18Cl2N6O. The third-order valence-electron chi connectivity index (χ3n) is 4.73. The molecule has 0 unspecified atom stereocenters. The zero-order chi connectivity index (χ0) is 22.0. The van der Waals surface area contributed by atoms with Crippen LogP contribution in [0.1, 0.15) is 27.4 Å². The number of H-pyrrole nitrogens is 1. The Hall–Kier alpha value is -3.42. The van der Waals surface area contributed by atoms with E-state index in [1.807, 2.05) is 48.9 Å². The molecule has 4 aromatic rings. The minimum absolute atomic E-state index is 0.267. The predicted octanol–water partition coefficient (Wildman–Crippen LogP) is 4.95. The number of nitrogens with one attached hydrogen (secondary N) is 2. The van der Waals surface area contributed by atoms with Crippen LogP contribution in [0.3, 0.4) is 0 Å². The molecule has 4 rings (SSSR count). The molecule has 2 heterocycles. The number of aromatic amines is 1. The normalized spacial score (nSPS) is 11.2. The van der Waals surface area contributed by atoms with Crippen molar-refractivity contribution in [1.82, 2.24) is 25.4 Å². The fourth-order valence-corrected chi connectivity index (χ4v) is 3.74. The largest absolute Gasteiger partial charge is 0.289 e. The second-order valence-corrected chi connectivity index (χ2v) is 7.61. The van der Waals surface area contributed by atoms with E-state index in [1.54, 1.807) is 24.3 Å². The molecule has 1 amide bonds. The van der Waals surface area contributed by atoms with Crippen molar-refractivity contribution < 1.29 is 4.79 Å². The second kappa shape index (κ2) is 8.75. The van der Waals surface area contributed by atoms with E-state index < -0.39 is 5.91 Å². The molecule has 0 aliphatic carbocycles. The zero-order valence-corrected chi connectivity index (χ0v) is 18.2. The van der Waals surface area contributed by atoms with Crippen LogP contribution in [0.2, 0.25) is 10.0 Å². The van der Waals surface area contributed by atoms with E-state index in [2.05, 4.69) is 25.8 Å². The lowest BCUT2D eigenvalue weighted by atomic mass is 10.1. The summed E-state index contributed by atoms with van der Waals surface area (Å²) in [5.41, 5.74) is 7.42. The highest BCUT2D eigenvalue weighted by Gasteiger charge is 2.18. The molecule has 2 aromatic heterocycles. The van der Waals surface area contributed by atoms with Gasteiger partial charge in [-0.2, -0.15) is 15.3 Å². The molecule has 7 nitrogen and oxygen atoms in total. The molecule has 2 N–H and O–H groups in total. The molecule has 0 saturated heterocycles. The van der Waals surface area contributed by atoms with E-state index >= 15 is 0 Å². The fourth-order valence-electron chi connectivity index (χ4n) is 3.25. The number of hydrazone groups is 1. The number of carbonyl (C=O) groups excluding carboxylic acids is 1. The van der Waals surface area contributed by atoms with Gasteiger partial charge in [-0.25, -0.2) is 10.1 Å². The van der Waals surface area contributed by atoms with E-state index in [0.29, 0.717) is 21.3 Å². The number of amides is 1. The zero-order valence-electron chi connectivity index (χ0n) is 16.7. The summed E-state index contributed by atoms with van der Waals surface area (Å²) in [4.78, 5) is 12.5. The Labute approximate surface area is 188 Å². The van der Waals surface area contributed by atoms with Crippen LogP contribution in [-0.2, 0) is 0 Å². The smallest absolute Gasteiger partial charge is 0.272 e. The first-order valence-corrected chi connectivity index (χ1v) is 10.2. The monoisotopic (exact) mass is 452 g/mol. The summed E-state index contributed by atoms with van der Waals surface area (Å²) in [6.07, 6.45) is 1.40. The first-order chi connectivity index (χ1) is 15.0. The highest BCUT2D eigenvalue weighted by Crippen LogP contribution is 2.27. The lowest BCUT2D eigenvalue weighted by molar-refractivity contribution is 0.0950. The molecule has 0 bridgehead atoms. The van der Waals surface area contributed by atoms with Crippen molar-refractivity contribution in [3.8, 4) is 16.9 Å². The molecule has 9 heteroatoms. The molecule has 156 valence electrons. The highest BCUT2D eigenvalue weighted by atomic mass is 35.5. The Morgan fingerprint density at radius 3 is 2.52 bits per heavy atom. The van der Waals surface area contributed by atoms with Crippen molar-refractivity contribution in [2.75, 3.05) is 0 Å². The lowest BCUT2D eigenvalue weighted by Crippen LogP contribution is -2.18. The van der Waals surface area contributed by atoms with Crippen LogP contribution in [-0.4, -0.2) is 32.1 Å². The standard InChI is InChI=1S/C22H18Cl2N6O/c1-13-21(14(2)30(29-13)15-7-4-3-5-8-15)19-11-20(27-26-19)22(31)28-25-12-16-17(23)9-6-10-18(16)24/h3-12H,1-2H3,(H,26,27)(H,28,31)/b25-12-. The van der Waals surface area contributed by atoms with Crippen molar-refractivity contribution >= 4 is 35.3 Å². The van der Waals surface area contributed by atoms with Gasteiger partial charge in [0.25, 0.3) is 5.91 Å². The molecule has 0 saturated carbocycles. The van der Waals surface area contributed by atoms with Gasteiger partial charge in [0.05, 0.1) is 39.0 Å². The number of aryl methyl sites for hydroxylation is 1. The Balaban J connectivity index is 1.54. The number of nitrogens with zero attached hydrogens (tertiary/aromatic N) is 4. The van der Waals surface area contributed by atoms with Crippen LogP contribution in [0.15, 0.2) is 59.7 Å². The summed E-state index contributed by atoms with van der Waals surface area (Å²) in [6, 6.07) is 16.6. The van der Waals surface area contributed by atoms with Crippen LogP contribution >= 0.6 is 23.2 Å². The summed E-state index contributed by atoms with van der Waals surface area (Å²) >= 11 is 12.2. The van der Waals surface area contributed by atoms with E-state index in [1.165, 1.54) is 6.21 Å². The molecule has 0 radical (unpaired) electrons. The maximum atomic E-state index is 12.5. The number of hydrogen-bond acceptors (Lipinski definition) is 4. The molecule has 0 aliphatic rings. The number of halogens is 2. The van der Waals surface area contributed by atoms with Crippen LogP contribution in [0.5, 0.6) is 0 Å². The SMILES string of the molecule is Cc1nn(-c2ccccc2)c(C)c1-c1cc(C(=O)N/N=C\c2c(Cl)cccc2Cl)[nH]n1. The van der Waals surface area contributed by atoms with Gasteiger partial charge < -0.3 is 0 Å². The molecule has 0 spiro atoms. The first-order valence-electron chi connectivity index (χ1n) is 9.40. The lowest BCUT2D eigenvalue weighted by Gasteiger charge is -2.04. The number of para-hydroxylation sites is 1. The quantitative estimate of drug-likeness (QED) is 0.331. The van der Waals surface area contributed by atoms with Gasteiger partial charge in [0, 0.05) is 11.1 Å². The molecule has 0 fully saturated rings. The Bertz CT molecular complexity index is 1260. The van der Waals surface area contributed by atoms with Crippen LogP contribution in [0, 0.1) is 13.8 Å². The highest BCUT2D eigenvalue weighted by molar-refractivity contribution is 6.38. The van der Waals surface area contributed by atoms with Crippen molar-refractivity contribution in [3.05, 3.63) is 87.3 Å². The van der Waals surface area contributed by atoms with E-state index in [4.69, 9.17) is 23.2 Å². The number of rotatable bonds is 5. The van der Waals surface area contributed by atoms with Crippen molar-refractivity contribution in [2.24, 2.45) is 5.10 Å². The number of hydrogen-bond donors (Lipinski definition) is 2. The van der Waals surface area contributed by atoms with Gasteiger partial charge in [0.15, 0.2) is 0 Å². The third kappa shape index (κ3) is 4.23. The van der Waals surface area contributed by atoms with E-state index in [9.17, 15) is 4.79 Å². The molecule has 0 atom stereocenters. The topological polar surface area (TPSA) is 88.0 Å². The van der Waals surface area contributed by atoms with Gasteiger partial charge >= 0.3 is 0 Å². The van der Waals surface area contributed by atoms with Crippen molar-refractivity contribution in [2.45, 2.75) is 13.8 Å². The van der Waals surface area contributed by atoms with Crippen LogP contribution in [0.4, 0.5) is 0 Å². The molecule has 0 aliphatic heterocycles. The molecule has 2 aromatic carbocycles. The van der Waals surface area contributed by atoms with Crippen molar-refractivity contribution in [1.29, 1.82) is 0 Å². The molecule has 31 heavy (non-hydrogen) atoms. The minimum Gasteiger partial charge on any atom is -0.272 e. The summed E-state index contributed by atoms with van der Waals surface area (Å²) in [5, 5.41) is 16.5. The van der Waals surface area contributed by atoms with Gasteiger partial charge in [-0.05, 0) is 44.2 Å². The van der Waals surface area contributed by atoms with Gasteiger partial charge in [0.1, 0.15) is 5.69 Å². The van der Waals surface area contributed by atoms with Crippen LogP contribution < -0.4 is 5.43 Å². The summed E-state index contributed by atoms with van der Waals surface area (Å²) in [7, 11) is 0.